The molecule has 19 heavy (non-hydrogen) atoms. The van der Waals surface area contributed by atoms with E-state index < -0.39 is 11.5 Å². The number of nitrogens with zero attached hydrogens (tertiary/aromatic N) is 3. The number of rotatable bonds is 4. The molecule has 104 valence electrons. The Balaban J connectivity index is 1.98. The van der Waals surface area contributed by atoms with Crippen LogP contribution in [-0.2, 0) is 16.0 Å². The highest BCUT2D eigenvalue weighted by atomic mass is 16.5. The van der Waals surface area contributed by atoms with Crippen molar-refractivity contribution in [3.05, 3.63) is 11.7 Å². The third kappa shape index (κ3) is 2.59. The number of carbonyl (C=O) groups is 2. The van der Waals surface area contributed by atoms with Gasteiger partial charge in [0.15, 0.2) is 5.82 Å². The Bertz CT molecular complexity index is 499. The van der Waals surface area contributed by atoms with E-state index in [9.17, 15) is 14.7 Å². The van der Waals surface area contributed by atoms with Gasteiger partial charge in [-0.15, -0.1) is 0 Å². The first-order valence-corrected chi connectivity index (χ1v) is 6.26. The lowest BCUT2D eigenvalue weighted by atomic mass is 9.99. The van der Waals surface area contributed by atoms with Crippen LogP contribution in [0.3, 0.4) is 0 Å². The lowest BCUT2D eigenvalue weighted by Gasteiger charge is -2.31. The van der Waals surface area contributed by atoms with E-state index in [1.807, 2.05) is 0 Å². The van der Waals surface area contributed by atoms with E-state index in [1.165, 1.54) is 4.90 Å². The van der Waals surface area contributed by atoms with Gasteiger partial charge < -0.3 is 14.5 Å². The van der Waals surface area contributed by atoms with Crippen molar-refractivity contribution in [1.82, 2.24) is 15.0 Å². The van der Waals surface area contributed by atoms with E-state index in [2.05, 4.69) is 10.1 Å². The Labute approximate surface area is 110 Å². The zero-order valence-corrected chi connectivity index (χ0v) is 11.0. The van der Waals surface area contributed by atoms with Crippen LogP contribution in [0.5, 0.6) is 0 Å². The minimum absolute atomic E-state index is 0.182. The summed E-state index contributed by atoms with van der Waals surface area (Å²) in [5, 5.41) is 12.9. The maximum Gasteiger partial charge on any atom is 0.329 e. The molecule has 7 nitrogen and oxygen atoms in total. The molecule has 2 rings (SSSR count). The highest BCUT2D eigenvalue weighted by molar-refractivity contribution is 5.87. The fraction of sp³-hybridized carbons (Fsp3) is 0.667. The number of carbonyl (C=O) groups excluding carboxylic acids is 1. The van der Waals surface area contributed by atoms with Crippen LogP contribution in [0.4, 0.5) is 0 Å². The summed E-state index contributed by atoms with van der Waals surface area (Å²) in [6.45, 7) is 3.79. The average molecular weight is 267 g/mol. The lowest BCUT2D eigenvalue weighted by molar-refractivity contribution is -0.155. The predicted octanol–water partition coefficient (Wildman–Crippen LogP) is 0.776. The molecule has 1 aromatic heterocycles. The van der Waals surface area contributed by atoms with Crippen LogP contribution in [0, 0.1) is 6.92 Å². The molecule has 1 aromatic rings. The van der Waals surface area contributed by atoms with E-state index in [0.29, 0.717) is 37.5 Å². The van der Waals surface area contributed by atoms with Gasteiger partial charge in [0.1, 0.15) is 5.54 Å². The molecular formula is C12H17N3O4. The first-order valence-electron chi connectivity index (χ1n) is 6.26. The molecule has 1 N–H and O–H groups in total. The molecule has 2 heterocycles. The fourth-order valence-electron chi connectivity index (χ4n) is 2.38. The van der Waals surface area contributed by atoms with Crippen LogP contribution in [0.2, 0.25) is 0 Å². The molecule has 0 spiro atoms. The van der Waals surface area contributed by atoms with Crippen LogP contribution in [-0.4, -0.2) is 44.1 Å². The van der Waals surface area contributed by atoms with Gasteiger partial charge in [-0.25, -0.2) is 4.79 Å². The highest BCUT2D eigenvalue weighted by Crippen LogP contribution is 2.29. The monoisotopic (exact) mass is 267 g/mol. The highest BCUT2D eigenvalue weighted by Gasteiger charge is 2.45. The average Bonchev–Trinajstić information content (AvgIpc) is 2.93. The van der Waals surface area contributed by atoms with Gasteiger partial charge in [0.05, 0.1) is 0 Å². The van der Waals surface area contributed by atoms with Gasteiger partial charge in [-0.1, -0.05) is 5.16 Å². The van der Waals surface area contributed by atoms with Gasteiger partial charge >= 0.3 is 5.97 Å². The first kappa shape index (κ1) is 13.5. The quantitative estimate of drug-likeness (QED) is 0.865. The molecule has 0 bridgehead atoms. The Hall–Kier alpha value is -1.92. The summed E-state index contributed by atoms with van der Waals surface area (Å²) in [7, 11) is 0. The first-order chi connectivity index (χ1) is 8.93. The summed E-state index contributed by atoms with van der Waals surface area (Å²) < 4.78 is 4.93. The molecule has 1 aliphatic heterocycles. The van der Waals surface area contributed by atoms with E-state index in [0.717, 1.165) is 0 Å². The number of aliphatic carboxylic acids is 1. The minimum atomic E-state index is -1.08. The Morgan fingerprint density at radius 1 is 1.53 bits per heavy atom. The number of aryl methyl sites for hydroxylation is 2. The Kier molecular flexibility index (Phi) is 3.55. The van der Waals surface area contributed by atoms with Gasteiger partial charge in [-0.3, -0.25) is 4.79 Å². The number of likely N-dealkylation sites (tertiary alicyclic amines) is 1. The zero-order valence-electron chi connectivity index (χ0n) is 11.0. The van der Waals surface area contributed by atoms with Gasteiger partial charge in [-0.05, 0) is 26.7 Å². The molecule has 1 aliphatic rings. The molecule has 7 heteroatoms. The fourth-order valence-corrected chi connectivity index (χ4v) is 2.38. The van der Waals surface area contributed by atoms with Gasteiger partial charge in [-0.2, -0.15) is 4.98 Å². The normalized spacial score (nSPS) is 22.7. The minimum Gasteiger partial charge on any atom is -0.480 e. The van der Waals surface area contributed by atoms with Gasteiger partial charge in [0, 0.05) is 19.4 Å². The van der Waals surface area contributed by atoms with Crippen molar-refractivity contribution in [2.45, 2.75) is 45.1 Å². The molecule has 0 aliphatic carbocycles. The molecule has 1 unspecified atom stereocenters. The van der Waals surface area contributed by atoms with E-state index in [1.54, 1.807) is 13.8 Å². The summed E-state index contributed by atoms with van der Waals surface area (Å²) in [6, 6.07) is 0. The molecule has 0 saturated carbocycles. The van der Waals surface area contributed by atoms with E-state index in [-0.39, 0.29) is 12.3 Å². The van der Waals surface area contributed by atoms with Crippen molar-refractivity contribution in [1.29, 1.82) is 0 Å². The maximum atomic E-state index is 12.1. The van der Waals surface area contributed by atoms with Crippen LogP contribution >= 0.6 is 0 Å². The largest absolute Gasteiger partial charge is 0.480 e. The van der Waals surface area contributed by atoms with Crippen LogP contribution in [0.1, 0.15) is 37.9 Å². The molecule has 0 aromatic carbocycles. The number of carboxylic acids is 1. The van der Waals surface area contributed by atoms with E-state index in [4.69, 9.17) is 4.52 Å². The number of aromatic nitrogens is 2. The summed E-state index contributed by atoms with van der Waals surface area (Å²) >= 11 is 0. The van der Waals surface area contributed by atoms with Gasteiger partial charge in [0.25, 0.3) is 0 Å². The zero-order chi connectivity index (χ0) is 14.0. The SMILES string of the molecule is Cc1noc(CCC(=O)N2CCCC2(C)C(=O)O)n1. The summed E-state index contributed by atoms with van der Waals surface area (Å²) in [4.78, 5) is 28.9. The van der Waals surface area contributed by atoms with E-state index >= 15 is 0 Å². The van der Waals surface area contributed by atoms with Crippen LogP contribution < -0.4 is 0 Å². The molecular weight excluding hydrogens is 250 g/mol. The van der Waals surface area contributed by atoms with Crippen molar-refractivity contribution in [2.24, 2.45) is 0 Å². The second kappa shape index (κ2) is 4.99. The molecule has 1 saturated heterocycles. The Morgan fingerprint density at radius 3 is 2.84 bits per heavy atom. The second-order valence-electron chi connectivity index (χ2n) is 4.96. The summed E-state index contributed by atoms with van der Waals surface area (Å²) in [5.74, 6) is -0.202. The van der Waals surface area contributed by atoms with Crippen LogP contribution in [0.25, 0.3) is 0 Å². The smallest absolute Gasteiger partial charge is 0.329 e. The summed E-state index contributed by atoms with van der Waals surface area (Å²) in [5.41, 5.74) is -1.08. The lowest BCUT2D eigenvalue weighted by Crippen LogP contribution is -2.50. The van der Waals surface area contributed by atoms with Crippen molar-refractivity contribution in [3.63, 3.8) is 0 Å². The maximum absolute atomic E-state index is 12.1. The Morgan fingerprint density at radius 2 is 2.26 bits per heavy atom. The number of hydrogen-bond acceptors (Lipinski definition) is 5. The topological polar surface area (TPSA) is 96.5 Å². The molecule has 1 atom stereocenters. The number of carboxylic acid groups (broad SMARTS) is 1. The second-order valence-corrected chi connectivity index (χ2v) is 4.96. The standard InChI is InChI=1S/C12H17N3O4/c1-8-13-9(19-14-8)4-5-10(16)15-7-3-6-12(15,2)11(17)18/h3-7H2,1-2H3,(H,17,18). The van der Waals surface area contributed by atoms with Gasteiger partial charge in [0.2, 0.25) is 11.8 Å². The van der Waals surface area contributed by atoms with Crippen molar-refractivity contribution in [2.75, 3.05) is 6.54 Å². The third-order valence-corrected chi connectivity index (χ3v) is 3.53. The van der Waals surface area contributed by atoms with Crippen LogP contribution in [0.15, 0.2) is 4.52 Å². The summed E-state index contributed by atoms with van der Waals surface area (Å²) in [6.07, 6.45) is 1.73. The van der Waals surface area contributed by atoms with Crippen molar-refractivity contribution in [3.8, 4) is 0 Å². The molecule has 1 fully saturated rings. The van der Waals surface area contributed by atoms with Crippen molar-refractivity contribution >= 4 is 11.9 Å². The number of hydrogen-bond donors (Lipinski definition) is 1. The molecule has 0 radical (unpaired) electrons. The third-order valence-electron chi connectivity index (χ3n) is 3.53. The predicted molar refractivity (Wildman–Crippen MR) is 64.3 cm³/mol. The van der Waals surface area contributed by atoms with Crippen molar-refractivity contribution < 1.29 is 19.2 Å². The molecule has 1 amide bonds. The number of amides is 1.